The Morgan fingerprint density at radius 1 is 1.35 bits per heavy atom. The van der Waals surface area contributed by atoms with Gasteiger partial charge in [0.1, 0.15) is 5.75 Å². The van der Waals surface area contributed by atoms with Crippen molar-refractivity contribution in [1.82, 2.24) is 0 Å². The van der Waals surface area contributed by atoms with Crippen LogP contribution in [0.15, 0.2) is 12.1 Å². The van der Waals surface area contributed by atoms with E-state index in [4.69, 9.17) is 22.1 Å². The summed E-state index contributed by atoms with van der Waals surface area (Å²) in [5.74, 6) is 0.763. The quantitative estimate of drug-likeness (QED) is 0.871. The number of halogens is 1. The van der Waals surface area contributed by atoms with Crippen molar-refractivity contribution in [3.63, 3.8) is 0 Å². The minimum absolute atomic E-state index is 0.0488. The Morgan fingerprint density at radius 2 is 2.00 bits per heavy atom. The van der Waals surface area contributed by atoms with Gasteiger partial charge in [-0.1, -0.05) is 25.4 Å². The fourth-order valence-electron chi connectivity index (χ4n) is 2.15. The van der Waals surface area contributed by atoms with Gasteiger partial charge in [0.15, 0.2) is 0 Å². The minimum Gasteiger partial charge on any atom is -0.492 e. The number of hydrogen-bond acceptors (Lipinski definition) is 2. The van der Waals surface area contributed by atoms with Crippen molar-refractivity contribution in [2.24, 2.45) is 5.73 Å². The first-order valence-corrected chi connectivity index (χ1v) is 6.43. The van der Waals surface area contributed by atoms with Crippen LogP contribution in [0, 0.1) is 6.92 Å². The number of aryl methyl sites for hydroxylation is 1. The highest BCUT2D eigenvalue weighted by Gasteiger charge is 2.23. The van der Waals surface area contributed by atoms with Crippen molar-refractivity contribution in [3.8, 4) is 5.75 Å². The highest BCUT2D eigenvalue weighted by Crippen LogP contribution is 2.35. The second kappa shape index (κ2) is 5.74. The van der Waals surface area contributed by atoms with Gasteiger partial charge in [-0.25, -0.2) is 0 Å². The molecule has 0 aliphatic heterocycles. The Bertz CT molecular complexity index is 388. The predicted octanol–water partition coefficient (Wildman–Crippen LogP) is 3.67. The Balaban J connectivity index is 3.15. The average molecular weight is 256 g/mol. The lowest BCUT2D eigenvalue weighted by molar-refractivity contribution is 0.339. The van der Waals surface area contributed by atoms with Crippen LogP contribution >= 0.6 is 11.6 Å². The van der Waals surface area contributed by atoms with Crippen LogP contribution in [0.1, 0.15) is 38.3 Å². The van der Waals surface area contributed by atoms with Gasteiger partial charge < -0.3 is 10.5 Å². The molecule has 0 aliphatic rings. The number of nitrogens with two attached hydrogens (primary N) is 1. The third kappa shape index (κ3) is 3.36. The molecule has 1 rings (SSSR count). The normalized spacial score (nSPS) is 11.6. The van der Waals surface area contributed by atoms with Crippen molar-refractivity contribution < 1.29 is 4.74 Å². The third-order valence-electron chi connectivity index (χ3n) is 3.08. The summed E-state index contributed by atoms with van der Waals surface area (Å²) in [6.45, 7) is 9.74. The molecule has 1 aromatic carbocycles. The zero-order chi connectivity index (χ0) is 13.1. The number of ether oxygens (including phenoxy) is 1. The van der Waals surface area contributed by atoms with E-state index in [0.29, 0.717) is 18.2 Å². The molecule has 0 heterocycles. The summed E-state index contributed by atoms with van der Waals surface area (Å²) in [4.78, 5) is 0. The van der Waals surface area contributed by atoms with E-state index in [1.807, 2.05) is 19.1 Å². The summed E-state index contributed by atoms with van der Waals surface area (Å²) < 4.78 is 5.49. The van der Waals surface area contributed by atoms with Gasteiger partial charge in [-0.3, -0.25) is 0 Å². The average Bonchev–Trinajstić information content (AvgIpc) is 2.23. The molecule has 0 aromatic heterocycles. The molecule has 96 valence electrons. The molecule has 1 aromatic rings. The standard InChI is InChI=1S/C14H22ClNO/c1-5-17-13-8-10(2)11(9-12(13)15)14(3,4)6-7-16/h8-9H,5-7,16H2,1-4H3. The maximum Gasteiger partial charge on any atom is 0.138 e. The molecular weight excluding hydrogens is 234 g/mol. The first-order valence-electron chi connectivity index (χ1n) is 6.06. The van der Waals surface area contributed by atoms with Gasteiger partial charge in [0.05, 0.1) is 11.6 Å². The van der Waals surface area contributed by atoms with E-state index < -0.39 is 0 Å². The van der Waals surface area contributed by atoms with Gasteiger partial charge in [0.2, 0.25) is 0 Å². The van der Waals surface area contributed by atoms with Crippen LogP contribution in [0.25, 0.3) is 0 Å². The molecule has 17 heavy (non-hydrogen) atoms. The monoisotopic (exact) mass is 255 g/mol. The second-order valence-electron chi connectivity index (χ2n) is 4.95. The maximum absolute atomic E-state index is 6.23. The molecule has 2 N–H and O–H groups in total. The van der Waals surface area contributed by atoms with Gasteiger partial charge in [-0.2, -0.15) is 0 Å². The Labute approximate surface area is 109 Å². The van der Waals surface area contributed by atoms with Crippen LogP contribution < -0.4 is 10.5 Å². The highest BCUT2D eigenvalue weighted by molar-refractivity contribution is 6.32. The van der Waals surface area contributed by atoms with Gasteiger partial charge in [-0.15, -0.1) is 0 Å². The molecule has 0 saturated carbocycles. The summed E-state index contributed by atoms with van der Waals surface area (Å²) in [6.07, 6.45) is 0.943. The molecule has 0 bridgehead atoms. The minimum atomic E-state index is 0.0488. The van der Waals surface area contributed by atoms with Crippen molar-refractivity contribution in [1.29, 1.82) is 0 Å². The number of hydrogen-bond donors (Lipinski definition) is 1. The molecule has 0 unspecified atom stereocenters. The molecule has 0 atom stereocenters. The van der Waals surface area contributed by atoms with E-state index in [1.54, 1.807) is 0 Å². The van der Waals surface area contributed by atoms with Crippen molar-refractivity contribution >= 4 is 11.6 Å². The summed E-state index contributed by atoms with van der Waals surface area (Å²) >= 11 is 6.23. The van der Waals surface area contributed by atoms with E-state index in [2.05, 4.69) is 20.8 Å². The molecular formula is C14H22ClNO. The Kier molecular flexibility index (Phi) is 4.84. The van der Waals surface area contributed by atoms with E-state index in [9.17, 15) is 0 Å². The van der Waals surface area contributed by atoms with Crippen LogP contribution in [0.2, 0.25) is 5.02 Å². The topological polar surface area (TPSA) is 35.2 Å². The third-order valence-corrected chi connectivity index (χ3v) is 3.37. The number of rotatable bonds is 5. The van der Waals surface area contributed by atoms with E-state index in [1.165, 1.54) is 11.1 Å². The first kappa shape index (κ1) is 14.3. The van der Waals surface area contributed by atoms with Crippen LogP contribution in [0.5, 0.6) is 5.75 Å². The predicted molar refractivity (Wildman–Crippen MR) is 74.1 cm³/mol. The van der Waals surface area contributed by atoms with E-state index in [-0.39, 0.29) is 5.41 Å². The van der Waals surface area contributed by atoms with E-state index >= 15 is 0 Å². The molecule has 3 heteroatoms. The summed E-state index contributed by atoms with van der Waals surface area (Å²) in [6, 6.07) is 4.02. The Morgan fingerprint density at radius 3 is 2.53 bits per heavy atom. The smallest absolute Gasteiger partial charge is 0.138 e. The molecule has 0 aliphatic carbocycles. The highest BCUT2D eigenvalue weighted by atomic mass is 35.5. The largest absolute Gasteiger partial charge is 0.492 e. The fraction of sp³-hybridized carbons (Fsp3) is 0.571. The molecule has 0 amide bonds. The van der Waals surface area contributed by atoms with Gasteiger partial charge in [-0.05, 0) is 55.5 Å². The van der Waals surface area contributed by atoms with Gasteiger partial charge in [0, 0.05) is 0 Å². The number of benzene rings is 1. The lowest BCUT2D eigenvalue weighted by Crippen LogP contribution is -2.22. The van der Waals surface area contributed by atoms with Crippen molar-refractivity contribution in [2.45, 2.75) is 39.5 Å². The van der Waals surface area contributed by atoms with Crippen molar-refractivity contribution in [2.75, 3.05) is 13.2 Å². The van der Waals surface area contributed by atoms with Gasteiger partial charge >= 0.3 is 0 Å². The van der Waals surface area contributed by atoms with Crippen LogP contribution in [0.4, 0.5) is 0 Å². The lowest BCUT2D eigenvalue weighted by Gasteiger charge is -2.27. The molecule has 2 nitrogen and oxygen atoms in total. The zero-order valence-electron chi connectivity index (χ0n) is 11.1. The summed E-state index contributed by atoms with van der Waals surface area (Å²) in [7, 11) is 0. The summed E-state index contributed by atoms with van der Waals surface area (Å²) in [5, 5.41) is 0.678. The van der Waals surface area contributed by atoms with Crippen LogP contribution in [0.3, 0.4) is 0 Å². The van der Waals surface area contributed by atoms with E-state index in [0.717, 1.165) is 12.2 Å². The van der Waals surface area contributed by atoms with Crippen molar-refractivity contribution in [3.05, 3.63) is 28.3 Å². The lowest BCUT2D eigenvalue weighted by atomic mass is 9.79. The van der Waals surface area contributed by atoms with Crippen LogP contribution in [-0.4, -0.2) is 13.2 Å². The first-order chi connectivity index (χ1) is 7.92. The maximum atomic E-state index is 6.23. The SMILES string of the molecule is CCOc1cc(C)c(C(C)(C)CCN)cc1Cl. The molecule has 0 spiro atoms. The fourth-order valence-corrected chi connectivity index (χ4v) is 2.36. The molecule has 0 radical (unpaired) electrons. The molecule has 0 saturated heterocycles. The zero-order valence-corrected chi connectivity index (χ0v) is 11.9. The summed E-state index contributed by atoms with van der Waals surface area (Å²) in [5.41, 5.74) is 8.16. The van der Waals surface area contributed by atoms with Gasteiger partial charge in [0.25, 0.3) is 0 Å². The second-order valence-corrected chi connectivity index (χ2v) is 5.36. The van der Waals surface area contributed by atoms with Crippen LogP contribution in [-0.2, 0) is 5.41 Å². The molecule has 0 fully saturated rings. The Hall–Kier alpha value is -0.730.